The Morgan fingerprint density at radius 2 is 1.73 bits per heavy atom. The number of carbonyl (C=O) groups excluding carboxylic acids is 3. The first-order valence-electron chi connectivity index (χ1n) is 16.2. The number of fused-ring (bicyclic) bond motifs is 2. The summed E-state index contributed by atoms with van der Waals surface area (Å²) in [5, 5.41) is 12.1. The number of benzene rings is 2. The third-order valence-corrected chi connectivity index (χ3v) is 9.88. The minimum absolute atomic E-state index is 0.00619. The van der Waals surface area contributed by atoms with Gasteiger partial charge in [0, 0.05) is 68.2 Å². The van der Waals surface area contributed by atoms with Gasteiger partial charge in [-0.3, -0.25) is 9.59 Å². The Kier molecular flexibility index (Phi) is 10.1. The van der Waals surface area contributed by atoms with Crippen LogP contribution in [0.2, 0.25) is 0 Å². The van der Waals surface area contributed by atoms with Crippen LogP contribution in [0.1, 0.15) is 77.3 Å². The number of amides is 2. The van der Waals surface area contributed by atoms with Crippen molar-refractivity contribution in [1.29, 1.82) is 0 Å². The van der Waals surface area contributed by atoms with E-state index in [1.165, 1.54) is 18.2 Å². The Labute approximate surface area is 283 Å². The molecule has 0 aliphatic carbocycles. The molecular formula is C35H39N3O10S. The molecule has 2 aliphatic heterocycles. The van der Waals surface area contributed by atoms with Crippen LogP contribution in [-0.2, 0) is 34.8 Å². The second kappa shape index (κ2) is 14.0. The zero-order chi connectivity index (χ0) is 35.7. The molecule has 13 nitrogen and oxygen atoms in total. The molecule has 1 N–H and O–H groups in total. The number of imide groups is 1. The first-order chi connectivity index (χ1) is 23.2. The first kappa shape index (κ1) is 35.5. The van der Waals surface area contributed by atoms with Gasteiger partial charge >= 0.3 is 11.6 Å². The highest BCUT2D eigenvalue weighted by Gasteiger charge is 2.44. The van der Waals surface area contributed by atoms with Gasteiger partial charge in [0.25, 0.3) is 11.8 Å². The lowest BCUT2D eigenvalue weighted by Gasteiger charge is -2.21. The van der Waals surface area contributed by atoms with E-state index < -0.39 is 38.9 Å². The molecule has 0 saturated carbocycles. The van der Waals surface area contributed by atoms with E-state index in [9.17, 15) is 37.3 Å². The molecule has 2 amide bonds. The number of hydroxylamine groups is 2. The topological polar surface area (TPSA) is 178 Å². The molecule has 1 fully saturated rings. The summed E-state index contributed by atoms with van der Waals surface area (Å²) in [7, 11) is -4.73. The normalized spacial score (nSPS) is 15.9. The summed E-state index contributed by atoms with van der Waals surface area (Å²) in [6.07, 6.45) is 4.72. The molecule has 0 spiro atoms. The fourth-order valence-corrected chi connectivity index (χ4v) is 6.85. The molecule has 2 aromatic carbocycles. The van der Waals surface area contributed by atoms with Crippen LogP contribution in [0, 0.1) is 0 Å². The number of allylic oxidation sites excluding steroid dienone is 1. The number of unbranched alkanes of at least 4 members (excludes halogenated alkanes) is 2. The van der Waals surface area contributed by atoms with Gasteiger partial charge in [0.1, 0.15) is 33.6 Å². The minimum Gasteiger partial charge on any atom is -0.744 e. The molecule has 1 aromatic heterocycles. The van der Waals surface area contributed by atoms with E-state index in [-0.39, 0.29) is 41.1 Å². The maximum absolute atomic E-state index is 13.1. The van der Waals surface area contributed by atoms with Crippen molar-refractivity contribution in [2.24, 2.45) is 0 Å². The summed E-state index contributed by atoms with van der Waals surface area (Å²) < 4.78 is 43.3. The smallest absolute Gasteiger partial charge is 0.347 e. The molecule has 3 aromatic rings. The second-order valence-electron chi connectivity index (χ2n) is 12.5. The van der Waals surface area contributed by atoms with Crippen LogP contribution in [0.5, 0.6) is 5.75 Å². The molecule has 3 heterocycles. The van der Waals surface area contributed by atoms with Crippen LogP contribution in [0.25, 0.3) is 17.0 Å². The van der Waals surface area contributed by atoms with E-state index in [1.807, 2.05) is 38.3 Å². The maximum atomic E-state index is 13.1. The van der Waals surface area contributed by atoms with E-state index in [1.54, 1.807) is 24.3 Å². The van der Waals surface area contributed by atoms with Crippen LogP contribution >= 0.6 is 0 Å². The van der Waals surface area contributed by atoms with E-state index >= 15 is 0 Å². The van der Waals surface area contributed by atoms with Crippen molar-refractivity contribution in [2.75, 3.05) is 24.5 Å². The third kappa shape index (κ3) is 7.15. The van der Waals surface area contributed by atoms with Gasteiger partial charge in [-0.2, -0.15) is 4.58 Å². The lowest BCUT2D eigenvalue weighted by molar-refractivity contribution is -0.438. The number of hydrogen-bond acceptors (Lipinski definition) is 11. The quantitative estimate of drug-likeness (QED) is 0.0876. The zero-order valence-corrected chi connectivity index (χ0v) is 28.7. The first-order valence-corrected chi connectivity index (χ1v) is 17.6. The Bertz CT molecular complexity index is 2040. The fraction of sp³-hybridized carbons (Fsp3) is 0.400. The molecule has 0 bridgehead atoms. The van der Waals surface area contributed by atoms with E-state index in [0.717, 1.165) is 18.8 Å². The predicted molar refractivity (Wildman–Crippen MR) is 180 cm³/mol. The number of nitrogens with zero attached hydrogens (tertiary/aromatic N) is 3. The van der Waals surface area contributed by atoms with Crippen LogP contribution in [-0.4, -0.2) is 70.8 Å². The standard InChI is InChI=1S/C35H39N3O10S/c1-5-36(6-2)22-11-13-24-28(20-22)47-34(43)25(33(24)42)14-16-29-35(3,4)26-21-23(49(44,45)46)12-15-27(26)37(29)19-9-7-8-10-32(41)48-38-30(39)17-18-31(38)40/h11-16,20-21H,5-10,17-19H2,1-4H3,(H,44,45,46). The summed E-state index contributed by atoms with van der Waals surface area (Å²) in [6, 6.07) is 9.45. The summed E-state index contributed by atoms with van der Waals surface area (Å²) >= 11 is 0. The minimum atomic E-state index is -4.73. The molecule has 260 valence electrons. The van der Waals surface area contributed by atoms with Gasteiger partial charge in [0.15, 0.2) is 5.71 Å². The third-order valence-electron chi connectivity index (χ3n) is 9.05. The summed E-state index contributed by atoms with van der Waals surface area (Å²) in [6.45, 7) is 9.68. The average molecular weight is 694 g/mol. The lowest BCUT2D eigenvalue weighted by Crippen LogP contribution is -2.31. The largest absolute Gasteiger partial charge is 0.744 e. The van der Waals surface area contributed by atoms with Crippen molar-refractivity contribution in [3.05, 3.63) is 64.0 Å². The summed E-state index contributed by atoms with van der Waals surface area (Å²) in [5.74, 6) is -2.01. The Hall–Kier alpha value is -4.82. The van der Waals surface area contributed by atoms with Gasteiger partial charge in [-0.15, -0.1) is 5.06 Å². The molecule has 49 heavy (non-hydrogen) atoms. The molecule has 5 rings (SSSR count). The van der Waals surface area contributed by atoms with Gasteiger partial charge in [0.2, 0.25) is 5.69 Å². The van der Waals surface area contributed by atoms with Gasteiger partial charge in [-0.05, 0) is 70.9 Å². The van der Waals surface area contributed by atoms with Gasteiger partial charge in [-0.25, -0.2) is 18.0 Å². The molecular weight excluding hydrogens is 654 g/mol. The Morgan fingerprint density at radius 1 is 1.04 bits per heavy atom. The monoisotopic (exact) mass is 693 g/mol. The van der Waals surface area contributed by atoms with Gasteiger partial charge in [0.05, 0.1) is 15.7 Å². The van der Waals surface area contributed by atoms with Crippen LogP contribution < -0.4 is 10.5 Å². The predicted octanol–water partition coefficient (Wildman–Crippen LogP) is 4.51. The zero-order valence-electron chi connectivity index (χ0n) is 27.9. The van der Waals surface area contributed by atoms with Crippen molar-refractivity contribution >= 4 is 62.0 Å². The Morgan fingerprint density at radius 3 is 2.39 bits per heavy atom. The number of carbonyl (C=O) groups is 3. The molecule has 1 saturated heterocycles. The van der Waals surface area contributed by atoms with Crippen LogP contribution in [0.15, 0.2) is 56.6 Å². The van der Waals surface area contributed by atoms with Crippen molar-refractivity contribution in [3.63, 3.8) is 0 Å². The SMILES string of the molecule is CCN(CC)c1ccc2c(O)c(/C=C/C3=[N+](CCCCCC(=O)ON4C(=O)CCC4=O)c4ccc(S(=O)(=O)[O-])cc4C3(C)C)c(=O)oc2c1. The van der Waals surface area contributed by atoms with Crippen molar-refractivity contribution < 1.29 is 46.3 Å². The number of aromatic hydroxyl groups is 1. The fourth-order valence-electron chi connectivity index (χ4n) is 6.35. The highest BCUT2D eigenvalue weighted by molar-refractivity contribution is 7.85. The lowest BCUT2D eigenvalue weighted by atomic mass is 9.81. The number of rotatable bonds is 13. The van der Waals surface area contributed by atoms with E-state index in [2.05, 4.69) is 4.90 Å². The second-order valence-corrected chi connectivity index (χ2v) is 13.9. The highest BCUT2D eigenvalue weighted by atomic mass is 32.2. The van der Waals surface area contributed by atoms with Gasteiger partial charge < -0.3 is 23.8 Å². The average Bonchev–Trinajstić information content (AvgIpc) is 3.47. The molecule has 0 unspecified atom stereocenters. The van der Waals surface area contributed by atoms with E-state index in [4.69, 9.17) is 9.25 Å². The molecule has 0 atom stereocenters. The Balaban J connectivity index is 1.42. The van der Waals surface area contributed by atoms with Crippen molar-refractivity contribution in [3.8, 4) is 5.75 Å². The summed E-state index contributed by atoms with van der Waals surface area (Å²) in [4.78, 5) is 55.5. The van der Waals surface area contributed by atoms with Crippen molar-refractivity contribution in [1.82, 2.24) is 5.06 Å². The van der Waals surface area contributed by atoms with E-state index in [0.29, 0.717) is 53.2 Å². The molecule has 14 heteroatoms. The van der Waals surface area contributed by atoms with Crippen LogP contribution in [0.3, 0.4) is 0 Å². The van der Waals surface area contributed by atoms with Crippen LogP contribution in [0.4, 0.5) is 11.4 Å². The highest BCUT2D eigenvalue weighted by Crippen LogP contribution is 2.42. The molecule has 2 aliphatic rings. The molecule has 0 radical (unpaired) electrons. The number of hydrogen-bond donors (Lipinski definition) is 1. The summed E-state index contributed by atoms with van der Waals surface area (Å²) in [5.41, 5.74) is 1.42. The number of anilines is 1. The maximum Gasteiger partial charge on any atom is 0.347 e. The van der Waals surface area contributed by atoms with Crippen molar-refractivity contribution in [2.45, 2.75) is 76.5 Å². The van der Waals surface area contributed by atoms with Gasteiger partial charge in [-0.1, -0.05) is 0 Å².